The van der Waals surface area contributed by atoms with Gasteiger partial charge in [-0.3, -0.25) is 15.1 Å². The lowest BCUT2D eigenvalue weighted by Gasteiger charge is -2.18. The molecular formula is C25H27N5O4. The number of fused-ring (bicyclic) bond motifs is 1. The van der Waals surface area contributed by atoms with Gasteiger partial charge in [0.05, 0.1) is 36.0 Å². The smallest absolute Gasteiger partial charge is 0.413 e. The van der Waals surface area contributed by atoms with Crippen LogP contribution in [0.3, 0.4) is 0 Å². The molecule has 0 saturated heterocycles. The van der Waals surface area contributed by atoms with E-state index in [1.165, 1.54) is 0 Å². The molecule has 0 spiro atoms. The first-order valence-corrected chi connectivity index (χ1v) is 11.0. The van der Waals surface area contributed by atoms with Crippen molar-refractivity contribution >= 4 is 23.1 Å². The highest BCUT2D eigenvalue weighted by atomic mass is 16.5. The van der Waals surface area contributed by atoms with Gasteiger partial charge in [-0.2, -0.15) is 0 Å². The lowest BCUT2D eigenvalue weighted by Crippen LogP contribution is -2.27. The van der Waals surface area contributed by atoms with Crippen molar-refractivity contribution in [3.63, 3.8) is 0 Å². The predicted octanol–water partition coefficient (Wildman–Crippen LogP) is 4.54. The number of hydrogen-bond acceptors (Lipinski definition) is 6. The van der Waals surface area contributed by atoms with Crippen molar-refractivity contribution in [2.24, 2.45) is 0 Å². The zero-order valence-electron chi connectivity index (χ0n) is 19.6. The zero-order chi connectivity index (χ0) is 24.2. The molecule has 1 aromatic carbocycles. The summed E-state index contributed by atoms with van der Waals surface area (Å²) >= 11 is 0. The third-order valence-electron chi connectivity index (χ3n) is 5.47. The van der Waals surface area contributed by atoms with Crippen molar-refractivity contribution in [1.29, 1.82) is 0 Å². The van der Waals surface area contributed by atoms with Crippen molar-refractivity contribution < 1.29 is 14.3 Å². The van der Waals surface area contributed by atoms with Gasteiger partial charge >= 0.3 is 6.09 Å². The molecule has 0 radical (unpaired) electrons. The third-order valence-corrected chi connectivity index (χ3v) is 5.47. The molecule has 0 fully saturated rings. The minimum Gasteiger partial charge on any atom is -0.450 e. The van der Waals surface area contributed by atoms with Crippen LogP contribution in [0.5, 0.6) is 0 Å². The highest BCUT2D eigenvalue weighted by Gasteiger charge is 2.17. The molecule has 9 nitrogen and oxygen atoms in total. The second-order valence-electron chi connectivity index (χ2n) is 7.96. The molecule has 34 heavy (non-hydrogen) atoms. The number of hydrogen-bond donors (Lipinski definition) is 2. The SMILES string of the molecule is CCOC(=O)Nc1nc2c(-c3ccccn3)cc(-c3cc(C)n(C(C)COC)c(=O)c3)cc2[nH]1. The highest BCUT2D eigenvalue weighted by Crippen LogP contribution is 2.33. The molecule has 4 rings (SSSR count). The Morgan fingerprint density at radius 2 is 2.00 bits per heavy atom. The second kappa shape index (κ2) is 9.88. The van der Waals surface area contributed by atoms with E-state index in [1.807, 2.05) is 50.2 Å². The molecule has 4 aromatic rings. The van der Waals surface area contributed by atoms with E-state index in [0.29, 0.717) is 17.6 Å². The number of nitrogens with zero attached hydrogens (tertiary/aromatic N) is 3. The maximum absolute atomic E-state index is 13.0. The van der Waals surface area contributed by atoms with Crippen LogP contribution in [0.4, 0.5) is 10.7 Å². The first-order chi connectivity index (χ1) is 16.4. The average molecular weight is 462 g/mol. The van der Waals surface area contributed by atoms with E-state index >= 15 is 0 Å². The van der Waals surface area contributed by atoms with Crippen LogP contribution in [0.15, 0.2) is 53.5 Å². The Hall–Kier alpha value is -3.98. The van der Waals surface area contributed by atoms with Crippen LogP contribution in [0.25, 0.3) is 33.4 Å². The Bertz CT molecular complexity index is 1380. The van der Waals surface area contributed by atoms with Crippen LogP contribution in [0, 0.1) is 6.92 Å². The molecule has 9 heteroatoms. The lowest BCUT2D eigenvalue weighted by atomic mass is 9.99. The van der Waals surface area contributed by atoms with Gasteiger partial charge < -0.3 is 19.0 Å². The molecule has 176 valence electrons. The normalized spacial score (nSPS) is 12.0. The number of rotatable bonds is 7. The van der Waals surface area contributed by atoms with Crippen LogP contribution in [-0.4, -0.2) is 45.9 Å². The van der Waals surface area contributed by atoms with Gasteiger partial charge in [-0.05, 0) is 62.2 Å². The van der Waals surface area contributed by atoms with Crippen LogP contribution >= 0.6 is 0 Å². The molecule has 0 aliphatic rings. The van der Waals surface area contributed by atoms with Crippen molar-refractivity contribution in [3.8, 4) is 22.4 Å². The summed E-state index contributed by atoms with van der Waals surface area (Å²) < 4.78 is 11.9. The molecule has 3 heterocycles. The van der Waals surface area contributed by atoms with Crippen molar-refractivity contribution in [3.05, 3.63) is 64.7 Å². The van der Waals surface area contributed by atoms with Gasteiger partial charge in [0, 0.05) is 30.6 Å². The van der Waals surface area contributed by atoms with E-state index in [9.17, 15) is 9.59 Å². The maximum Gasteiger partial charge on any atom is 0.413 e. The van der Waals surface area contributed by atoms with E-state index in [0.717, 1.165) is 28.1 Å². The maximum atomic E-state index is 13.0. The number of H-pyrrole nitrogens is 1. The summed E-state index contributed by atoms with van der Waals surface area (Å²) in [5.41, 5.74) is 5.17. The molecule has 1 atom stereocenters. The number of methoxy groups -OCH3 is 1. The molecular weight excluding hydrogens is 434 g/mol. The largest absolute Gasteiger partial charge is 0.450 e. The van der Waals surface area contributed by atoms with E-state index in [1.54, 1.807) is 30.9 Å². The Morgan fingerprint density at radius 1 is 1.21 bits per heavy atom. The molecule has 3 aromatic heterocycles. The van der Waals surface area contributed by atoms with E-state index in [4.69, 9.17) is 9.47 Å². The number of pyridine rings is 2. The van der Waals surface area contributed by atoms with Gasteiger partial charge in [0.1, 0.15) is 0 Å². The third kappa shape index (κ3) is 4.69. The standard InChI is InChI=1S/C25H27N5O4/c1-5-34-25(32)29-24-27-21-12-18(11-19(23(21)28-24)20-8-6-7-9-26-20)17-10-15(2)30(22(31)13-17)16(3)14-33-4/h6-13,16H,5,14H2,1-4H3,(H2,27,28,29,32). The summed E-state index contributed by atoms with van der Waals surface area (Å²) in [6.07, 6.45) is 1.12. The molecule has 2 N–H and O–H groups in total. The number of benzene rings is 1. The first kappa shape index (κ1) is 23.2. The first-order valence-electron chi connectivity index (χ1n) is 11.0. The quantitative estimate of drug-likeness (QED) is 0.418. The molecule has 0 aliphatic carbocycles. The Kier molecular flexibility index (Phi) is 6.74. The topological polar surface area (TPSA) is 111 Å². The van der Waals surface area contributed by atoms with Crippen LogP contribution < -0.4 is 10.9 Å². The Labute approximate surface area is 196 Å². The van der Waals surface area contributed by atoms with Gasteiger partial charge in [-0.1, -0.05) is 6.07 Å². The number of carbonyl (C=O) groups excluding carboxylic acids is 1. The summed E-state index contributed by atoms with van der Waals surface area (Å²) in [6.45, 7) is 6.29. The second-order valence-corrected chi connectivity index (χ2v) is 7.96. The molecule has 1 unspecified atom stereocenters. The van der Waals surface area contributed by atoms with Crippen LogP contribution in [0.1, 0.15) is 25.6 Å². The molecule has 1 amide bonds. The molecule has 0 aliphatic heterocycles. The summed E-state index contributed by atoms with van der Waals surface area (Å²) in [5.74, 6) is 0.266. The van der Waals surface area contributed by atoms with Gasteiger partial charge in [0.2, 0.25) is 5.95 Å². The number of aromatic nitrogens is 4. The number of aromatic amines is 1. The fourth-order valence-corrected chi connectivity index (χ4v) is 4.08. The molecule has 0 saturated carbocycles. The summed E-state index contributed by atoms with van der Waals surface area (Å²) in [5, 5.41) is 2.61. The van der Waals surface area contributed by atoms with Gasteiger partial charge in [0.15, 0.2) is 0 Å². The van der Waals surface area contributed by atoms with E-state index < -0.39 is 6.09 Å². The van der Waals surface area contributed by atoms with Crippen LogP contribution in [0.2, 0.25) is 0 Å². The van der Waals surface area contributed by atoms with Crippen molar-refractivity contribution in [2.75, 3.05) is 25.6 Å². The fourth-order valence-electron chi connectivity index (χ4n) is 4.08. The minimum absolute atomic E-state index is 0.0813. The van der Waals surface area contributed by atoms with Gasteiger partial charge in [-0.25, -0.2) is 9.78 Å². The average Bonchev–Trinajstić information content (AvgIpc) is 3.21. The summed E-state index contributed by atoms with van der Waals surface area (Å²) in [7, 11) is 1.62. The minimum atomic E-state index is -0.592. The number of imidazole rings is 1. The summed E-state index contributed by atoms with van der Waals surface area (Å²) in [4.78, 5) is 37.0. The zero-order valence-corrected chi connectivity index (χ0v) is 19.6. The number of carbonyl (C=O) groups is 1. The highest BCUT2D eigenvalue weighted by molar-refractivity contribution is 5.97. The number of nitrogens with one attached hydrogen (secondary N) is 2. The molecule has 0 bridgehead atoms. The number of aryl methyl sites for hydroxylation is 1. The fraction of sp³-hybridized carbons (Fsp3) is 0.280. The van der Waals surface area contributed by atoms with Gasteiger partial charge in [-0.15, -0.1) is 0 Å². The number of anilines is 1. The van der Waals surface area contributed by atoms with E-state index in [-0.39, 0.29) is 24.2 Å². The lowest BCUT2D eigenvalue weighted by molar-refractivity contribution is 0.160. The number of amides is 1. The van der Waals surface area contributed by atoms with Gasteiger partial charge in [0.25, 0.3) is 5.56 Å². The predicted molar refractivity (Wildman–Crippen MR) is 131 cm³/mol. The monoisotopic (exact) mass is 461 g/mol. The van der Waals surface area contributed by atoms with Crippen LogP contribution in [-0.2, 0) is 9.47 Å². The Morgan fingerprint density at radius 3 is 2.68 bits per heavy atom. The summed E-state index contributed by atoms with van der Waals surface area (Å²) in [6, 6.07) is 13.0. The Balaban J connectivity index is 1.85. The van der Waals surface area contributed by atoms with Crippen molar-refractivity contribution in [2.45, 2.75) is 26.8 Å². The van der Waals surface area contributed by atoms with E-state index in [2.05, 4.69) is 20.3 Å². The number of ether oxygens (including phenoxy) is 2. The van der Waals surface area contributed by atoms with Crippen molar-refractivity contribution in [1.82, 2.24) is 19.5 Å².